The number of rotatable bonds is 4. The van der Waals surface area contributed by atoms with Gasteiger partial charge >= 0.3 is 0 Å². The SMILES string of the molecule is O=c1c2ccccc2nc(-c2ccco2)n1/N=C/c1ccc([N+](=O)[O-])cc1. The van der Waals surface area contributed by atoms with Crippen LogP contribution in [0.4, 0.5) is 5.69 Å². The molecule has 0 spiro atoms. The van der Waals surface area contributed by atoms with Crippen molar-refractivity contribution in [1.29, 1.82) is 0 Å². The van der Waals surface area contributed by atoms with Crippen molar-refractivity contribution in [3.8, 4) is 11.6 Å². The zero-order chi connectivity index (χ0) is 18.8. The molecule has 0 bridgehead atoms. The summed E-state index contributed by atoms with van der Waals surface area (Å²) in [6.07, 6.45) is 2.93. The maximum atomic E-state index is 12.9. The van der Waals surface area contributed by atoms with Crippen molar-refractivity contribution in [2.75, 3.05) is 0 Å². The topological polar surface area (TPSA) is 104 Å². The van der Waals surface area contributed by atoms with E-state index in [2.05, 4.69) is 10.1 Å². The first-order valence-electron chi connectivity index (χ1n) is 7.98. The van der Waals surface area contributed by atoms with Crippen LogP contribution in [0, 0.1) is 10.1 Å². The molecule has 0 aliphatic carbocycles. The molecule has 0 amide bonds. The Hall–Kier alpha value is -4.07. The van der Waals surface area contributed by atoms with E-state index in [4.69, 9.17) is 4.42 Å². The first-order valence-corrected chi connectivity index (χ1v) is 7.98. The van der Waals surface area contributed by atoms with E-state index in [0.717, 1.165) is 4.68 Å². The summed E-state index contributed by atoms with van der Waals surface area (Å²) in [7, 11) is 0. The van der Waals surface area contributed by atoms with Crippen LogP contribution in [0.5, 0.6) is 0 Å². The number of fused-ring (bicyclic) bond motifs is 1. The molecule has 0 radical (unpaired) electrons. The minimum absolute atomic E-state index is 0.0204. The normalized spacial score (nSPS) is 11.3. The maximum Gasteiger partial charge on any atom is 0.282 e. The van der Waals surface area contributed by atoms with Crippen LogP contribution in [0.25, 0.3) is 22.5 Å². The fourth-order valence-corrected chi connectivity index (χ4v) is 2.60. The lowest BCUT2D eigenvalue weighted by Crippen LogP contribution is -2.20. The number of hydrogen-bond donors (Lipinski definition) is 0. The predicted molar refractivity (Wildman–Crippen MR) is 99.8 cm³/mol. The fourth-order valence-electron chi connectivity index (χ4n) is 2.60. The Labute approximate surface area is 152 Å². The first-order chi connectivity index (χ1) is 13.1. The highest BCUT2D eigenvalue weighted by atomic mass is 16.6. The number of non-ortho nitro benzene ring substituents is 1. The number of aromatic nitrogens is 2. The minimum atomic E-state index is -0.478. The van der Waals surface area contributed by atoms with Crippen molar-refractivity contribution in [3.63, 3.8) is 0 Å². The van der Waals surface area contributed by atoms with Gasteiger partial charge in [0.05, 0.1) is 28.3 Å². The highest BCUT2D eigenvalue weighted by Gasteiger charge is 2.14. The molecule has 8 nitrogen and oxygen atoms in total. The van der Waals surface area contributed by atoms with Crippen LogP contribution in [-0.4, -0.2) is 20.8 Å². The summed E-state index contributed by atoms with van der Waals surface area (Å²) in [6.45, 7) is 0. The van der Waals surface area contributed by atoms with E-state index in [-0.39, 0.29) is 17.1 Å². The molecule has 132 valence electrons. The van der Waals surface area contributed by atoms with Crippen LogP contribution >= 0.6 is 0 Å². The minimum Gasteiger partial charge on any atom is -0.461 e. The van der Waals surface area contributed by atoms with Gasteiger partial charge in [-0.1, -0.05) is 12.1 Å². The number of nitrogens with zero attached hydrogens (tertiary/aromatic N) is 4. The molecule has 0 aliphatic heterocycles. The largest absolute Gasteiger partial charge is 0.461 e. The van der Waals surface area contributed by atoms with Gasteiger partial charge in [-0.2, -0.15) is 9.78 Å². The zero-order valence-electron chi connectivity index (χ0n) is 13.9. The standard InChI is InChI=1S/C19H12N4O4/c24-19-15-4-1-2-5-16(15)21-18(17-6-3-11-27-17)22(19)20-12-13-7-9-14(10-8-13)23(25)26/h1-12H/b20-12+. The van der Waals surface area contributed by atoms with Gasteiger partial charge in [0.1, 0.15) is 0 Å². The average Bonchev–Trinajstić information content (AvgIpc) is 3.22. The highest BCUT2D eigenvalue weighted by molar-refractivity contribution is 5.81. The summed E-state index contributed by atoms with van der Waals surface area (Å²) in [5.41, 5.74) is 0.778. The molecule has 0 saturated carbocycles. The first kappa shape index (κ1) is 16.4. The highest BCUT2D eigenvalue weighted by Crippen LogP contribution is 2.19. The smallest absolute Gasteiger partial charge is 0.282 e. The second-order valence-corrected chi connectivity index (χ2v) is 5.64. The summed E-state index contributed by atoms with van der Waals surface area (Å²) in [5, 5.41) is 15.4. The fraction of sp³-hybridized carbons (Fsp3) is 0. The van der Waals surface area contributed by atoms with Gasteiger partial charge in [-0.25, -0.2) is 4.98 Å². The summed E-state index contributed by atoms with van der Waals surface area (Å²) in [6, 6.07) is 16.2. The Morgan fingerprint density at radius 1 is 1.07 bits per heavy atom. The molecule has 2 aromatic heterocycles. The molecule has 0 unspecified atom stereocenters. The molecule has 2 aromatic carbocycles. The number of nitro benzene ring substituents is 1. The molecule has 27 heavy (non-hydrogen) atoms. The van der Waals surface area contributed by atoms with Crippen LogP contribution in [0.3, 0.4) is 0 Å². The second kappa shape index (κ2) is 6.68. The second-order valence-electron chi connectivity index (χ2n) is 5.64. The number of para-hydroxylation sites is 1. The molecular formula is C19H12N4O4. The Morgan fingerprint density at radius 3 is 2.56 bits per heavy atom. The molecule has 4 rings (SSSR count). The molecule has 0 aliphatic rings. The number of benzene rings is 2. The monoisotopic (exact) mass is 360 g/mol. The molecular weight excluding hydrogens is 348 g/mol. The van der Waals surface area contributed by atoms with Crippen molar-refractivity contribution in [1.82, 2.24) is 9.66 Å². The van der Waals surface area contributed by atoms with Gasteiger partial charge in [-0.05, 0) is 42.0 Å². The number of furan rings is 1. The third kappa shape index (κ3) is 3.11. The summed E-state index contributed by atoms with van der Waals surface area (Å²) < 4.78 is 6.54. The summed E-state index contributed by atoms with van der Waals surface area (Å²) in [5.74, 6) is 0.667. The van der Waals surface area contributed by atoms with Gasteiger partial charge in [0.25, 0.3) is 11.2 Å². The lowest BCUT2D eigenvalue weighted by Gasteiger charge is -2.07. The lowest BCUT2D eigenvalue weighted by atomic mass is 10.2. The van der Waals surface area contributed by atoms with Crippen LogP contribution in [-0.2, 0) is 0 Å². The van der Waals surface area contributed by atoms with E-state index in [9.17, 15) is 14.9 Å². The average molecular weight is 360 g/mol. The van der Waals surface area contributed by atoms with E-state index >= 15 is 0 Å². The van der Waals surface area contributed by atoms with Crippen LogP contribution in [0.2, 0.25) is 0 Å². The van der Waals surface area contributed by atoms with E-state index in [1.54, 1.807) is 48.5 Å². The van der Waals surface area contributed by atoms with Gasteiger partial charge in [0.15, 0.2) is 5.76 Å². The Morgan fingerprint density at radius 2 is 1.85 bits per heavy atom. The van der Waals surface area contributed by atoms with Crippen molar-refractivity contribution in [2.45, 2.75) is 0 Å². The lowest BCUT2D eigenvalue weighted by molar-refractivity contribution is -0.384. The van der Waals surface area contributed by atoms with Gasteiger partial charge in [0.2, 0.25) is 5.82 Å². The molecule has 2 heterocycles. The number of nitro groups is 1. The van der Waals surface area contributed by atoms with Crippen molar-refractivity contribution in [2.24, 2.45) is 5.10 Å². The van der Waals surface area contributed by atoms with Crippen LogP contribution < -0.4 is 5.56 Å². The molecule has 8 heteroatoms. The Kier molecular flexibility index (Phi) is 4.06. The molecule has 0 fully saturated rings. The molecule has 0 saturated heterocycles. The van der Waals surface area contributed by atoms with E-state index < -0.39 is 4.92 Å². The molecule has 0 atom stereocenters. The zero-order valence-corrected chi connectivity index (χ0v) is 13.9. The van der Waals surface area contributed by atoms with Gasteiger partial charge < -0.3 is 4.42 Å². The van der Waals surface area contributed by atoms with Gasteiger partial charge in [-0.3, -0.25) is 14.9 Å². The maximum absolute atomic E-state index is 12.9. The molecule has 4 aromatic rings. The van der Waals surface area contributed by atoms with Crippen LogP contribution in [0.1, 0.15) is 5.56 Å². The third-order valence-corrected chi connectivity index (χ3v) is 3.92. The van der Waals surface area contributed by atoms with Crippen molar-refractivity contribution >= 4 is 22.8 Å². The summed E-state index contributed by atoms with van der Waals surface area (Å²) >= 11 is 0. The van der Waals surface area contributed by atoms with Crippen LogP contribution in [0.15, 0.2) is 81.2 Å². The van der Waals surface area contributed by atoms with Crippen molar-refractivity contribution < 1.29 is 9.34 Å². The van der Waals surface area contributed by atoms with Crippen molar-refractivity contribution in [3.05, 3.63) is 93.0 Å². The number of hydrogen-bond acceptors (Lipinski definition) is 6. The Balaban J connectivity index is 1.84. The third-order valence-electron chi connectivity index (χ3n) is 3.92. The molecule has 0 N–H and O–H groups in total. The Bertz CT molecular complexity index is 1210. The predicted octanol–water partition coefficient (Wildman–Crippen LogP) is 3.45. The summed E-state index contributed by atoms with van der Waals surface area (Å²) in [4.78, 5) is 27.6. The van der Waals surface area contributed by atoms with Gasteiger partial charge in [-0.15, -0.1) is 0 Å². The quantitative estimate of drug-likeness (QED) is 0.315. The van der Waals surface area contributed by atoms with E-state index in [0.29, 0.717) is 22.2 Å². The van der Waals surface area contributed by atoms with Gasteiger partial charge in [0, 0.05) is 12.1 Å². The van der Waals surface area contributed by atoms with E-state index in [1.807, 2.05) is 0 Å². The van der Waals surface area contributed by atoms with E-state index in [1.165, 1.54) is 24.6 Å².